The van der Waals surface area contributed by atoms with Crippen molar-refractivity contribution in [2.75, 3.05) is 6.54 Å². The molecule has 11 heavy (non-hydrogen) atoms. The van der Waals surface area contributed by atoms with Gasteiger partial charge < -0.3 is 5.32 Å². The Morgan fingerprint density at radius 2 is 2.27 bits per heavy atom. The minimum Gasteiger partial charge on any atom is -0.314 e. The zero-order valence-corrected chi connectivity index (χ0v) is 8.28. The number of rotatable bonds is 2. The maximum atomic E-state index is 3.53. The lowest BCUT2D eigenvalue weighted by Crippen LogP contribution is -2.36. The van der Waals surface area contributed by atoms with Crippen LogP contribution in [0.5, 0.6) is 0 Å². The summed E-state index contributed by atoms with van der Waals surface area (Å²) in [5, 5.41) is 3.53. The lowest BCUT2D eigenvalue weighted by Gasteiger charge is -2.34. The highest BCUT2D eigenvalue weighted by atomic mass is 15.0. The van der Waals surface area contributed by atoms with Crippen molar-refractivity contribution >= 4 is 0 Å². The minimum atomic E-state index is 0.550. The number of hydrogen-bond donors (Lipinski definition) is 1. The lowest BCUT2D eigenvalue weighted by molar-refractivity contribution is 0.178. The second-order valence-corrected chi connectivity index (χ2v) is 4.24. The molecule has 3 unspecified atom stereocenters. The van der Waals surface area contributed by atoms with Gasteiger partial charge >= 0.3 is 0 Å². The number of hydrogen-bond acceptors (Lipinski definition) is 1. The van der Waals surface area contributed by atoms with Crippen molar-refractivity contribution in [3.63, 3.8) is 0 Å². The first-order valence-electron chi connectivity index (χ1n) is 4.84. The fourth-order valence-electron chi connectivity index (χ4n) is 2.15. The Labute approximate surface area is 70.6 Å². The Hall–Kier alpha value is -0.0400. The molecule has 0 bridgehead atoms. The van der Waals surface area contributed by atoms with Gasteiger partial charge in [0.15, 0.2) is 0 Å². The van der Waals surface area contributed by atoms with E-state index >= 15 is 0 Å². The van der Waals surface area contributed by atoms with Crippen LogP contribution >= 0.6 is 0 Å². The van der Waals surface area contributed by atoms with Crippen LogP contribution in [0, 0.1) is 11.3 Å². The van der Waals surface area contributed by atoms with E-state index in [9.17, 15) is 0 Å². The van der Waals surface area contributed by atoms with Gasteiger partial charge in [-0.2, -0.15) is 0 Å². The predicted octanol–water partition coefficient (Wildman–Crippen LogP) is 2.42. The largest absolute Gasteiger partial charge is 0.314 e. The second kappa shape index (κ2) is 3.14. The topological polar surface area (TPSA) is 12.0 Å². The molecule has 1 fully saturated rings. The summed E-state index contributed by atoms with van der Waals surface area (Å²) < 4.78 is 0. The zero-order valence-electron chi connectivity index (χ0n) is 8.28. The van der Waals surface area contributed by atoms with Gasteiger partial charge in [0, 0.05) is 6.04 Å². The smallest absolute Gasteiger partial charge is 0.00955 e. The van der Waals surface area contributed by atoms with Crippen molar-refractivity contribution < 1.29 is 0 Å². The van der Waals surface area contributed by atoms with E-state index in [2.05, 4.69) is 33.0 Å². The van der Waals surface area contributed by atoms with E-state index in [1.54, 1.807) is 0 Å². The average molecular weight is 155 g/mol. The highest BCUT2D eigenvalue weighted by Crippen LogP contribution is 2.39. The van der Waals surface area contributed by atoms with Gasteiger partial charge in [-0.1, -0.05) is 27.2 Å². The molecule has 0 radical (unpaired) electrons. The zero-order chi connectivity index (χ0) is 8.48. The van der Waals surface area contributed by atoms with Crippen molar-refractivity contribution in [3.05, 3.63) is 0 Å². The summed E-state index contributed by atoms with van der Waals surface area (Å²) in [4.78, 5) is 0. The fourth-order valence-corrected chi connectivity index (χ4v) is 2.15. The van der Waals surface area contributed by atoms with Crippen LogP contribution in [-0.2, 0) is 0 Å². The SMILES string of the molecule is CCC(C)C1(C)CCNC1C. The molecule has 1 N–H and O–H groups in total. The first-order valence-corrected chi connectivity index (χ1v) is 4.84. The summed E-state index contributed by atoms with van der Waals surface area (Å²) in [7, 11) is 0. The Kier molecular flexibility index (Phi) is 2.58. The molecule has 1 rings (SSSR count). The monoisotopic (exact) mass is 155 g/mol. The Bertz CT molecular complexity index is 133. The van der Waals surface area contributed by atoms with Crippen molar-refractivity contribution in [1.29, 1.82) is 0 Å². The molecule has 1 aliphatic rings. The molecular weight excluding hydrogens is 134 g/mol. The van der Waals surface area contributed by atoms with Gasteiger partial charge in [0.25, 0.3) is 0 Å². The molecule has 1 nitrogen and oxygen atoms in total. The van der Waals surface area contributed by atoms with Crippen molar-refractivity contribution in [2.45, 2.75) is 46.6 Å². The summed E-state index contributed by atoms with van der Waals surface area (Å²) in [5.74, 6) is 0.854. The average Bonchev–Trinajstić information content (AvgIpc) is 2.32. The van der Waals surface area contributed by atoms with Crippen LogP contribution in [0.25, 0.3) is 0 Å². The Morgan fingerprint density at radius 1 is 1.64 bits per heavy atom. The molecule has 0 saturated carbocycles. The standard InChI is InChI=1S/C10H21N/c1-5-8(2)10(4)6-7-11-9(10)3/h8-9,11H,5-7H2,1-4H3. The van der Waals surface area contributed by atoms with E-state index in [1.165, 1.54) is 19.4 Å². The van der Waals surface area contributed by atoms with Gasteiger partial charge in [0.2, 0.25) is 0 Å². The third-order valence-electron chi connectivity index (χ3n) is 3.84. The molecule has 0 spiro atoms. The first kappa shape index (κ1) is 9.05. The van der Waals surface area contributed by atoms with Crippen LogP contribution in [0.2, 0.25) is 0 Å². The summed E-state index contributed by atoms with van der Waals surface area (Å²) in [5.41, 5.74) is 0.550. The minimum absolute atomic E-state index is 0.550. The molecular formula is C10H21N. The van der Waals surface area contributed by atoms with Gasteiger partial charge in [0.1, 0.15) is 0 Å². The predicted molar refractivity (Wildman–Crippen MR) is 49.6 cm³/mol. The molecule has 0 aliphatic carbocycles. The lowest BCUT2D eigenvalue weighted by atomic mass is 9.72. The first-order chi connectivity index (χ1) is 5.11. The van der Waals surface area contributed by atoms with Crippen LogP contribution in [-0.4, -0.2) is 12.6 Å². The molecule has 0 aromatic heterocycles. The molecule has 1 heteroatoms. The van der Waals surface area contributed by atoms with Gasteiger partial charge in [-0.25, -0.2) is 0 Å². The van der Waals surface area contributed by atoms with E-state index in [-0.39, 0.29) is 0 Å². The normalized spacial score (nSPS) is 40.9. The van der Waals surface area contributed by atoms with Crippen LogP contribution in [0.4, 0.5) is 0 Å². The van der Waals surface area contributed by atoms with E-state index < -0.39 is 0 Å². The molecule has 1 aliphatic heterocycles. The Morgan fingerprint density at radius 3 is 2.64 bits per heavy atom. The van der Waals surface area contributed by atoms with Crippen LogP contribution in [0.15, 0.2) is 0 Å². The van der Waals surface area contributed by atoms with E-state index in [1.807, 2.05) is 0 Å². The van der Waals surface area contributed by atoms with E-state index in [4.69, 9.17) is 0 Å². The molecule has 0 aromatic carbocycles. The van der Waals surface area contributed by atoms with Crippen molar-refractivity contribution in [2.24, 2.45) is 11.3 Å². The van der Waals surface area contributed by atoms with Gasteiger partial charge in [0.05, 0.1) is 0 Å². The molecule has 0 aromatic rings. The van der Waals surface area contributed by atoms with Crippen LogP contribution < -0.4 is 5.32 Å². The third-order valence-corrected chi connectivity index (χ3v) is 3.84. The summed E-state index contributed by atoms with van der Waals surface area (Å²) in [6.45, 7) is 10.6. The fraction of sp³-hybridized carbons (Fsp3) is 1.00. The molecule has 1 saturated heterocycles. The van der Waals surface area contributed by atoms with Crippen molar-refractivity contribution in [1.82, 2.24) is 5.32 Å². The number of nitrogens with one attached hydrogen (secondary N) is 1. The molecule has 1 heterocycles. The molecule has 0 amide bonds. The molecule has 3 atom stereocenters. The van der Waals surface area contributed by atoms with Crippen molar-refractivity contribution in [3.8, 4) is 0 Å². The van der Waals surface area contributed by atoms with E-state index in [0.29, 0.717) is 11.5 Å². The maximum absolute atomic E-state index is 3.53. The summed E-state index contributed by atoms with van der Waals surface area (Å²) in [6.07, 6.45) is 2.66. The van der Waals surface area contributed by atoms with Crippen LogP contribution in [0.3, 0.4) is 0 Å². The summed E-state index contributed by atoms with van der Waals surface area (Å²) >= 11 is 0. The third kappa shape index (κ3) is 1.44. The summed E-state index contributed by atoms with van der Waals surface area (Å²) in [6, 6.07) is 0.706. The van der Waals surface area contributed by atoms with Gasteiger partial charge in [-0.3, -0.25) is 0 Å². The molecule has 66 valence electrons. The maximum Gasteiger partial charge on any atom is 0.00955 e. The highest BCUT2D eigenvalue weighted by molar-refractivity contribution is 4.93. The van der Waals surface area contributed by atoms with Crippen LogP contribution in [0.1, 0.15) is 40.5 Å². The Balaban J connectivity index is 2.64. The van der Waals surface area contributed by atoms with Gasteiger partial charge in [-0.15, -0.1) is 0 Å². The quantitative estimate of drug-likeness (QED) is 0.645. The second-order valence-electron chi connectivity index (χ2n) is 4.24. The van der Waals surface area contributed by atoms with Gasteiger partial charge in [-0.05, 0) is 31.2 Å². The highest BCUT2D eigenvalue weighted by Gasteiger charge is 2.39. The van der Waals surface area contributed by atoms with E-state index in [0.717, 1.165) is 5.92 Å².